The average molecular weight is 272 g/mol. The van der Waals surface area contributed by atoms with E-state index in [4.69, 9.17) is 9.84 Å². The average Bonchev–Trinajstić information content (AvgIpc) is 3.07. The van der Waals surface area contributed by atoms with Gasteiger partial charge in [-0.05, 0) is 6.42 Å². The lowest BCUT2D eigenvalue weighted by molar-refractivity contribution is -0.137. The van der Waals surface area contributed by atoms with E-state index in [0.29, 0.717) is 6.61 Å². The summed E-state index contributed by atoms with van der Waals surface area (Å²) in [5.41, 5.74) is 2.84. The molecule has 3 rings (SSSR count). The molecule has 0 radical (unpaired) electrons. The zero-order valence-corrected chi connectivity index (χ0v) is 11.0. The lowest BCUT2D eigenvalue weighted by Gasteiger charge is -2.13. The summed E-state index contributed by atoms with van der Waals surface area (Å²) in [6, 6.07) is 9.86. The van der Waals surface area contributed by atoms with Gasteiger partial charge in [-0.2, -0.15) is 0 Å². The Balaban J connectivity index is 2.05. The molecule has 1 aromatic heterocycles. The maximum Gasteiger partial charge on any atom is 0.323 e. The normalized spacial score (nSPS) is 18.3. The van der Waals surface area contributed by atoms with Crippen LogP contribution in [0.15, 0.2) is 36.7 Å². The molecule has 1 N–H and O–H groups in total. The molecule has 1 aromatic carbocycles. The highest BCUT2D eigenvalue weighted by Gasteiger charge is 2.26. The standard InChI is InChI=1S/C15H16N2O3/c18-13(19)8-17-10-16-14(11-4-2-1-3-5-11)15(17)12-6-7-20-9-12/h1-5,10,12H,6-9H2,(H,18,19). The van der Waals surface area contributed by atoms with E-state index in [1.165, 1.54) is 0 Å². The quantitative estimate of drug-likeness (QED) is 0.926. The number of hydrogen-bond acceptors (Lipinski definition) is 3. The Bertz CT molecular complexity index is 601. The third kappa shape index (κ3) is 2.44. The minimum Gasteiger partial charge on any atom is -0.480 e. The molecule has 5 nitrogen and oxygen atoms in total. The van der Waals surface area contributed by atoms with Crippen LogP contribution in [0.4, 0.5) is 0 Å². The highest BCUT2D eigenvalue weighted by molar-refractivity contribution is 5.68. The maximum absolute atomic E-state index is 11.0. The predicted molar refractivity (Wildman–Crippen MR) is 73.5 cm³/mol. The third-order valence-corrected chi connectivity index (χ3v) is 3.55. The number of hydrogen-bond donors (Lipinski definition) is 1. The lowest BCUT2D eigenvalue weighted by atomic mass is 9.99. The highest BCUT2D eigenvalue weighted by atomic mass is 16.5. The van der Waals surface area contributed by atoms with E-state index in [9.17, 15) is 4.79 Å². The van der Waals surface area contributed by atoms with Crippen molar-refractivity contribution in [3.05, 3.63) is 42.4 Å². The molecule has 0 amide bonds. The summed E-state index contributed by atoms with van der Waals surface area (Å²) in [6.45, 7) is 1.29. The molecule has 1 fully saturated rings. The predicted octanol–water partition coefficient (Wildman–Crippen LogP) is 2.14. The first kappa shape index (κ1) is 12.9. The smallest absolute Gasteiger partial charge is 0.323 e. The number of aromatic nitrogens is 2. The van der Waals surface area contributed by atoms with Crippen molar-refractivity contribution in [2.24, 2.45) is 0 Å². The van der Waals surface area contributed by atoms with Crippen molar-refractivity contribution in [1.82, 2.24) is 9.55 Å². The van der Waals surface area contributed by atoms with E-state index >= 15 is 0 Å². The number of carboxylic acids is 1. The highest BCUT2D eigenvalue weighted by Crippen LogP contribution is 2.33. The third-order valence-electron chi connectivity index (χ3n) is 3.55. The summed E-state index contributed by atoms with van der Waals surface area (Å²) >= 11 is 0. The van der Waals surface area contributed by atoms with Gasteiger partial charge in [0, 0.05) is 18.1 Å². The van der Waals surface area contributed by atoms with Gasteiger partial charge in [-0.1, -0.05) is 30.3 Å². The van der Waals surface area contributed by atoms with Crippen LogP contribution in [0.1, 0.15) is 18.0 Å². The van der Waals surface area contributed by atoms with Gasteiger partial charge in [0.2, 0.25) is 0 Å². The number of nitrogens with zero attached hydrogens (tertiary/aromatic N) is 2. The fourth-order valence-corrected chi connectivity index (χ4v) is 2.66. The van der Waals surface area contributed by atoms with E-state index in [0.717, 1.165) is 30.0 Å². The maximum atomic E-state index is 11.0. The Morgan fingerprint density at radius 3 is 2.85 bits per heavy atom. The number of imidazole rings is 1. The van der Waals surface area contributed by atoms with Crippen molar-refractivity contribution < 1.29 is 14.6 Å². The molecular formula is C15H16N2O3. The van der Waals surface area contributed by atoms with Crippen molar-refractivity contribution in [3.63, 3.8) is 0 Å². The summed E-state index contributed by atoms with van der Waals surface area (Å²) in [6.07, 6.45) is 2.52. The summed E-state index contributed by atoms with van der Waals surface area (Å²) in [5.74, 6) is -0.644. The van der Waals surface area contributed by atoms with Crippen LogP contribution in [-0.4, -0.2) is 33.8 Å². The van der Waals surface area contributed by atoms with Gasteiger partial charge in [-0.25, -0.2) is 4.98 Å². The molecule has 5 heteroatoms. The molecule has 0 saturated carbocycles. The van der Waals surface area contributed by atoms with E-state index in [1.54, 1.807) is 10.9 Å². The van der Waals surface area contributed by atoms with Gasteiger partial charge in [-0.3, -0.25) is 4.79 Å². The van der Waals surface area contributed by atoms with Gasteiger partial charge in [0.25, 0.3) is 0 Å². The van der Waals surface area contributed by atoms with Gasteiger partial charge < -0.3 is 14.4 Å². The molecule has 1 aliphatic rings. The largest absolute Gasteiger partial charge is 0.480 e. The second-order valence-electron chi connectivity index (χ2n) is 4.93. The lowest BCUT2D eigenvalue weighted by Crippen LogP contribution is -2.14. The number of rotatable bonds is 4. The van der Waals surface area contributed by atoms with Crippen molar-refractivity contribution in [2.45, 2.75) is 18.9 Å². The minimum absolute atomic E-state index is 0.0638. The first-order valence-electron chi connectivity index (χ1n) is 6.65. The Kier molecular flexibility index (Phi) is 3.52. The summed E-state index contributed by atoms with van der Waals surface area (Å²) in [4.78, 5) is 15.4. The molecule has 2 aromatic rings. The molecule has 0 spiro atoms. The number of carboxylic acid groups (broad SMARTS) is 1. The van der Waals surface area contributed by atoms with Crippen molar-refractivity contribution >= 4 is 5.97 Å². The van der Waals surface area contributed by atoms with E-state index in [2.05, 4.69) is 4.98 Å². The van der Waals surface area contributed by atoms with Crippen molar-refractivity contribution in [3.8, 4) is 11.3 Å². The van der Waals surface area contributed by atoms with Crippen LogP contribution in [0.25, 0.3) is 11.3 Å². The summed E-state index contributed by atoms with van der Waals surface area (Å²) in [7, 11) is 0. The van der Waals surface area contributed by atoms with Crippen LogP contribution in [0, 0.1) is 0 Å². The molecule has 0 bridgehead atoms. The van der Waals surface area contributed by atoms with Gasteiger partial charge in [0.05, 0.1) is 24.3 Å². The fourth-order valence-electron chi connectivity index (χ4n) is 2.66. The molecule has 20 heavy (non-hydrogen) atoms. The van der Waals surface area contributed by atoms with E-state index < -0.39 is 5.97 Å². The Morgan fingerprint density at radius 2 is 2.20 bits per heavy atom. The van der Waals surface area contributed by atoms with Crippen LogP contribution < -0.4 is 0 Å². The monoisotopic (exact) mass is 272 g/mol. The molecule has 1 saturated heterocycles. The van der Waals surface area contributed by atoms with Crippen LogP contribution >= 0.6 is 0 Å². The van der Waals surface area contributed by atoms with Gasteiger partial charge >= 0.3 is 5.97 Å². The zero-order valence-electron chi connectivity index (χ0n) is 11.0. The van der Waals surface area contributed by atoms with E-state index in [1.807, 2.05) is 30.3 Å². The van der Waals surface area contributed by atoms with Crippen LogP contribution in [-0.2, 0) is 16.1 Å². The van der Waals surface area contributed by atoms with Crippen LogP contribution in [0.5, 0.6) is 0 Å². The SMILES string of the molecule is O=C(O)Cn1cnc(-c2ccccc2)c1C1CCOC1. The molecular weight excluding hydrogens is 256 g/mol. The number of ether oxygens (including phenoxy) is 1. The fraction of sp³-hybridized carbons (Fsp3) is 0.333. The number of carbonyl (C=O) groups is 1. The van der Waals surface area contributed by atoms with Crippen molar-refractivity contribution in [2.75, 3.05) is 13.2 Å². The second kappa shape index (κ2) is 5.46. The zero-order chi connectivity index (χ0) is 13.9. The van der Waals surface area contributed by atoms with Gasteiger partial charge in [-0.15, -0.1) is 0 Å². The summed E-state index contributed by atoms with van der Waals surface area (Å²) < 4.78 is 7.17. The Labute approximate surface area is 116 Å². The first-order valence-corrected chi connectivity index (χ1v) is 6.65. The second-order valence-corrected chi connectivity index (χ2v) is 4.93. The van der Waals surface area contributed by atoms with Crippen LogP contribution in [0.3, 0.4) is 0 Å². The van der Waals surface area contributed by atoms with E-state index in [-0.39, 0.29) is 12.5 Å². The summed E-state index contributed by atoms with van der Waals surface area (Å²) in [5, 5.41) is 9.03. The molecule has 1 unspecified atom stereocenters. The minimum atomic E-state index is -0.859. The first-order chi connectivity index (χ1) is 9.75. The molecule has 1 atom stereocenters. The Morgan fingerprint density at radius 1 is 1.40 bits per heavy atom. The Hall–Kier alpha value is -2.14. The van der Waals surface area contributed by atoms with Gasteiger partial charge in [0.15, 0.2) is 0 Å². The molecule has 0 aliphatic carbocycles. The molecule has 1 aliphatic heterocycles. The van der Waals surface area contributed by atoms with Crippen LogP contribution in [0.2, 0.25) is 0 Å². The van der Waals surface area contributed by atoms with Crippen molar-refractivity contribution in [1.29, 1.82) is 0 Å². The molecule has 104 valence electrons. The number of benzene rings is 1. The molecule has 2 heterocycles. The van der Waals surface area contributed by atoms with Gasteiger partial charge in [0.1, 0.15) is 6.54 Å². The number of aliphatic carboxylic acids is 1. The topological polar surface area (TPSA) is 64.3 Å².